The molecular formula is C8H6BrN3O2. The second-order valence-electron chi connectivity index (χ2n) is 2.60. The summed E-state index contributed by atoms with van der Waals surface area (Å²) in [6.07, 6.45) is 0. The van der Waals surface area contributed by atoms with Gasteiger partial charge in [0.25, 0.3) is 0 Å². The first-order valence-electron chi connectivity index (χ1n) is 3.81. The van der Waals surface area contributed by atoms with E-state index in [1.165, 1.54) is 7.11 Å². The molecule has 0 atom stereocenters. The van der Waals surface area contributed by atoms with Crippen LogP contribution in [0.25, 0.3) is 11.0 Å². The molecule has 0 radical (unpaired) electrons. The van der Waals surface area contributed by atoms with Gasteiger partial charge in [-0.25, -0.2) is 9.78 Å². The van der Waals surface area contributed by atoms with Crippen molar-refractivity contribution in [3.05, 3.63) is 22.4 Å². The summed E-state index contributed by atoms with van der Waals surface area (Å²) in [5, 5.41) is 6.66. The number of pyridine rings is 1. The average Bonchev–Trinajstić information content (AvgIpc) is 2.59. The summed E-state index contributed by atoms with van der Waals surface area (Å²) in [4.78, 5) is 15.2. The van der Waals surface area contributed by atoms with Crippen LogP contribution in [0.1, 0.15) is 10.5 Å². The SMILES string of the molecule is COC(=O)c1ccc2[nH]nc(Br)c2n1. The third-order valence-electron chi connectivity index (χ3n) is 1.76. The highest BCUT2D eigenvalue weighted by molar-refractivity contribution is 9.10. The number of nitrogens with one attached hydrogen (secondary N) is 1. The van der Waals surface area contributed by atoms with Crippen molar-refractivity contribution in [1.29, 1.82) is 0 Å². The summed E-state index contributed by atoms with van der Waals surface area (Å²) in [6, 6.07) is 3.31. The predicted octanol–water partition coefficient (Wildman–Crippen LogP) is 1.51. The normalized spacial score (nSPS) is 10.4. The van der Waals surface area contributed by atoms with Gasteiger partial charge in [-0.3, -0.25) is 5.10 Å². The second kappa shape index (κ2) is 3.38. The molecule has 0 aliphatic carbocycles. The molecule has 1 N–H and O–H groups in total. The van der Waals surface area contributed by atoms with Gasteiger partial charge in [-0.15, -0.1) is 0 Å². The molecule has 0 aliphatic rings. The van der Waals surface area contributed by atoms with Gasteiger partial charge in [0.1, 0.15) is 11.2 Å². The van der Waals surface area contributed by atoms with Crippen molar-refractivity contribution in [2.75, 3.05) is 7.11 Å². The van der Waals surface area contributed by atoms with Crippen molar-refractivity contribution < 1.29 is 9.53 Å². The van der Waals surface area contributed by atoms with E-state index >= 15 is 0 Å². The number of methoxy groups -OCH3 is 1. The number of esters is 1. The first-order chi connectivity index (χ1) is 6.72. The zero-order valence-corrected chi connectivity index (χ0v) is 8.83. The van der Waals surface area contributed by atoms with Crippen molar-refractivity contribution in [1.82, 2.24) is 15.2 Å². The average molecular weight is 256 g/mol. The van der Waals surface area contributed by atoms with Crippen molar-refractivity contribution >= 4 is 32.9 Å². The summed E-state index contributed by atoms with van der Waals surface area (Å²) in [5.74, 6) is -0.458. The molecule has 0 aliphatic heterocycles. The molecule has 2 aromatic heterocycles. The van der Waals surface area contributed by atoms with E-state index in [0.29, 0.717) is 10.1 Å². The molecule has 2 heterocycles. The third-order valence-corrected chi connectivity index (χ3v) is 2.31. The van der Waals surface area contributed by atoms with E-state index in [-0.39, 0.29) is 5.69 Å². The second-order valence-corrected chi connectivity index (χ2v) is 3.35. The third kappa shape index (κ3) is 1.37. The molecule has 0 spiro atoms. The Bertz CT molecular complexity index is 494. The van der Waals surface area contributed by atoms with Gasteiger partial charge < -0.3 is 4.74 Å². The topological polar surface area (TPSA) is 67.9 Å². The Morgan fingerprint density at radius 2 is 2.36 bits per heavy atom. The molecule has 2 aromatic rings. The summed E-state index contributed by atoms with van der Waals surface area (Å²) in [5.41, 5.74) is 1.65. The first-order valence-corrected chi connectivity index (χ1v) is 4.60. The number of carbonyl (C=O) groups is 1. The van der Waals surface area contributed by atoms with Crippen LogP contribution in [0.5, 0.6) is 0 Å². The Labute approximate surface area is 87.6 Å². The van der Waals surface area contributed by atoms with Gasteiger partial charge in [-0.2, -0.15) is 5.10 Å². The van der Waals surface area contributed by atoms with E-state index in [2.05, 4.69) is 35.8 Å². The van der Waals surface area contributed by atoms with E-state index in [9.17, 15) is 4.79 Å². The maximum Gasteiger partial charge on any atom is 0.356 e. The summed E-state index contributed by atoms with van der Waals surface area (Å²) in [6.45, 7) is 0. The van der Waals surface area contributed by atoms with Crippen LogP contribution in [0.3, 0.4) is 0 Å². The molecular weight excluding hydrogens is 250 g/mol. The Kier molecular flexibility index (Phi) is 2.20. The van der Waals surface area contributed by atoms with Crippen LogP contribution in [0, 0.1) is 0 Å². The van der Waals surface area contributed by atoms with E-state index in [0.717, 1.165) is 5.52 Å². The van der Waals surface area contributed by atoms with Gasteiger partial charge in [-0.05, 0) is 28.1 Å². The maximum atomic E-state index is 11.2. The predicted molar refractivity (Wildman–Crippen MR) is 52.9 cm³/mol. The Balaban J connectivity index is 2.60. The molecule has 6 heteroatoms. The largest absolute Gasteiger partial charge is 0.464 e. The maximum absolute atomic E-state index is 11.2. The lowest BCUT2D eigenvalue weighted by molar-refractivity contribution is 0.0594. The molecule has 0 unspecified atom stereocenters. The fourth-order valence-electron chi connectivity index (χ4n) is 1.09. The van der Waals surface area contributed by atoms with Crippen molar-refractivity contribution in [2.24, 2.45) is 0 Å². The number of fused-ring (bicyclic) bond motifs is 1. The Hall–Kier alpha value is -1.43. The Morgan fingerprint density at radius 1 is 1.57 bits per heavy atom. The molecule has 0 aromatic carbocycles. The van der Waals surface area contributed by atoms with Gasteiger partial charge in [-0.1, -0.05) is 0 Å². The van der Waals surface area contributed by atoms with Crippen LogP contribution in [0.4, 0.5) is 0 Å². The summed E-state index contributed by atoms with van der Waals surface area (Å²) in [7, 11) is 1.32. The van der Waals surface area contributed by atoms with Crippen molar-refractivity contribution in [3.8, 4) is 0 Å². The number of nitrogens with zero attached hydrogens (tertiary/aromatic N) is 2. The highest BCUT2D eigenvalue weighted by Gasteiger charge is 2.10. The number of hydrogen-bond acceptors (Lipinski definition) is 4. The van der Waals surface area contributed by atoms with E-state index in [1.807, 2.05) is 0 Å². The van der Waals surface area contributed by atoms with Gasteiger partial charge in [0.2, 0.25) is 0 Å². The molecule has 0 saturated carbocycles. The number of carbonyl (C=O) groups excluding carboxylic acids is 1. The molecule has 72 valence electrons. The number of hydrogen-bond donors (Lipinski definition) is 1. The van der Waals surface area contributed by atoms with E-state index in [4.69, 9.17) is 0 Å². The van der Waals surface area contributed by atoms with Crippen LogP contribution in [-0.2, 0) is 4.74 Å². The van der Waals surface area contributed by atoms with E-state index < -0.39 is 5.97 Å². The molecule has 0 fully saturated rings. The van der Waals surface area contributed by atoms with E-state index in [1.54, 1.807) is 12.1 Å². The molecule has 0 amide bonds. The minimum absolute atomic E-state index is 0.266. The fourth-order valence-corrected chi connectivity index (χ4v) is 1.48. The number of ether oxygens (including phenoxy) is 1. The smallest absolute Gasteiger partial charge is 0.356 e. The Morgan fingerprint density at radius 3 is 3.07 bits per heavy atom. The minimum Gasteiger partial charge on any atom is -0.464 e. The van der Waals surface area contributed by atoms with Crippen LogP contribution in [-0.4, -0.2) is 28.3 Å². The van der Waals surface area contributed by atoms with Gasteiger partial charge >= 0.3 is 5.97 Å². The molecule has 2 rings (SSSR count). The van der Waals surface area contributed by atoms with Gasteiger partial charge in [0, 0.05) is 0 Å². The quantitative estimate of drug-likeness (QED) is 0.785. The van der Waals surface area contributed by atoms with Gasteiger partial charge in [0.05, 0.1) is 12.6 Å². The molecule has 0 saturated heterocycles. The molecule has 5 nitrogen and oxygen atoms in total. The number of rotatable bonds is 1. The molecule has 0 bridgehead atoms. The summed E-state index contributed by atoms with van der Waals surface area (Å²) >= 11 is 3.22. The number of aromatic nitrogens is 3. The van der Waals surface area contributed by atoms with Crippen molar-refractivity contribution in [2.45, 2.75) is 0 Å². The lowest BCUT2D eigenvalue weighted by atomic mass is 10.3. The minimum atomic E-state index is -0.458. The fraction of sp³-hybridized carbons (Fsp3) is 0.125. The lowest BCUT2D eigenvalue weighted by Gasteiger charge is -1.97. The monoisotopic (exact) mass is 255 g/mol. The number of aromatic amines is 1. The highest BCUT2D eigenvalue weighted by atomic mass is 79.9. The van der Waals surface area contributed by atoms with Crippen LogP contribution < -0.4 is 0 Å². The zero-order chi connectivity index (χ0) is 10.1. The van der Waals surface area contributed by atoms with Crippen LogP contribution in [0.15, 0.2) is 16.7 Å². The zero-order valence-electron chi connectivity index (χ0n) is 7.24. The number of H-pyrrole nitrogens is 1. The lowest BCUT2D eigenvalue weighted by Crippen LogP contribution is -2.03. The van der Waals surface area contributed by atoms with Crippen LogP contribution in [0.2, 0.25) is 0 Å². The molecule has 14 heavy (non-hydrogen) atoms. The van der Waals surface area contributed by atoms with Crippen molar-refractivity contribution in [3.63, 3.8) is 0 Å². The van der Waals surface area contributed by atoms with Crippen LogP contribution >= 0.6 is 15.9 Å². The number of halogens is 1. The highest BCUT2D eigenvalue weighted by Crippen LogP contribution is 2.18. The summed E-state index contributed by atoms with van der Waals surface area (Å²) < 4.78 is 5.14. The first kappa shape index (κ1) is 9.14. The van der Waals surface area contributed by atoms with Gasteiger partial charge in [0.15, 0.2) is 4.60 Å². The standard InChI is InChI=1S/C8H6BrN3O2/c1-14-8(13)5-3-2-4-6(10-5)7(9)12-11-4/h2-3H,1H3,(H,11,12).